The third-order valence-corrected chi connectivity index (χ3v) is 8.99. The van der Waals surface area contributed by atoms with E-state index in [2.05, 4.69) is 71.3 Å². The minimum atomic E-state index is -0.113. The molecule has 3 aromatic carbocycles. The molecule has 1 aliphatic rings. The molecular formula is C37H47N3O4. The van der Waals surface area contributed by atoms with Gasteiger partial charge in [-0.05, 0) is 113 Å². The lowest BCUT2D eigenvalue weighted by Gasteiger charge is -2.32. The Bertz CT molecular complexity index is 1530. The van der Waals surface area contributed by atoms with Gasteiger partial charge in [0.2, 0.25) is 5.75 Å². The van der Waals surface area contributed by atoms with Crippen LogP contribution in [0.3, 0.4) is 0 Å². The number of nitrogens with zero attached hydrogens (tertiary/aromatic N) is 3. The molecule has 5 rings (SSSR count). The van der Waals surface area contributed by atoms with Crippen LogP contribution in [0, 0.1) is 5.92 Å². The van der Waals surface area contributed by atoms with E-state index in [1.54, 1.807) is 32.4 Å². The van der Waals surface area contributed by atoms with Crippen molar-refractivity contribution in [2.75, 3.05) is 65.9 Å². The van der Waals surface area contributed by atoms with Gasteiger partial charge < -0.3 is 23.7 Å². The van der Waals surface area contributed by atoms with Crippen LogP contribution in [-0.4, -0.2) is 70.8 Å². The first-order valence-corrected chi connectivity index (χ1v) is 15.9. The van der Waals surface area contributed by atoms with Crippen molar-refractivity contribution in [1.29, 1.82) is 0 Å². The smallest absolute Gasteiger partial charge is 0.204 e. The minimum Gasteiger partial charge on any atom is -0.493 e. The van der Waals surface area contributed by atoms with Crippen LogP contribution >= 0.6 is 0 Å². The van der Waals surface area contributed by atoms with E-state index in [1.807, 2.05) is 12.1 Å². The number of unbranched alkanes of at least 4 members (excludes halogenated alkanes) is 1. The molecule has 1 saturated heterocycles. The van der Waals surface area contributed by atoms with Crippen molar-refractivity contribution in [3.8, 4) is 22.8 Å². The first-order chi connectivity index (χ1) is 21.4. The quantitative estimate of drug-likeness (QED) is 0.146. The number of hydrogen-bond donors (Lipinski definition) is 0. The summed E-state index contributed by atoms with van der Waals surface area (Å²) in [4.78, 5) is 20.2. The molecule has 2 heterocycles. The van der Waals surface area contributed by atoms with Crippen molar-refractivity contribution in [2.45, 2.75) is 38.6 Å². The van der Waals surface area contributed by atoms with Crippen molar-refractivity contribution in [1.82, 2.24) is 9.80 Å². The fourth-order valence-electron chi connectivity index (χ4n) is 6.20. The van der Waals surface area contributed by atoms with Crippen molar-refractivity contribution < 1.29 is 13.9 Å². The highest BCUT2D eigenvalue weighted by Gasteiger charge is 2.20. The summed E-state index contributed by atoms with van der Waals surface area (Å²) in [6.07, 6.45) is 6.27. The number of likely N-dealkylation sites (tertiary alicyclic amines) is 1. The number of benzene rings is 3. The van der Waals surface area contributed by atoms with E-state index in [0.29, 0.717) is 28.2 Å². The van der Waals surface area contributed by atoms with E-state index in [0.717, 1.165) is 43.2 Å². The van der Waals surface area contributed by atoms with E-state index >= 15 is 0 Å². The van der Waals surface area contributed by atoms with Gasteiger partial charge in [0.05, 0.1) is 19.6 Å². The third-order valence-electron chi connectivity index (χ3n) is 8.99. The van der Waals surface area contributed by atoms with Crippen LogP contribution in [0.25, 0.3) is 22.3 Å². The van der Waals surface area contributed by atoms with Gasteiger partial charge in [0.15, 0.2) is 16.8 Å². The van der Waals surface area contributed by atoms with Crippen LogP contribution < -0.4 is 19.8 Å². The Morgan fingerprint density at radius 2 is 1.59 bits per heavy atom. The average Bonchev–Trinajstić information content (AvgIpc) is 3.06. The highest BCUT2D eigenvalue weighted by atomic mass is 16.5. The highest BCUT2D eigenvalue weighted by molar-refractivity contribution is 5.86. The molecule has 0 saturated carbocycles. The summed E-state index contributed by atoms with van der Waals surface area (Å²) in [5.41, 5.74) is 3.69. The molecule has 44 heavy (non-hydrogen) atoms. The number of piperidine rings is 1. The van der Waals surface area contributed by atoms with Crippen LogP contribution in [0.2, 0.25) is 0 Å². The van der Waals surface area contributed by atoms with Gasteiger partial charge in [0, 0.05) is 37.5 Å². The molecular weight excluding hydrogens is 550 g/mol. The minimum absolute atomic E-state index is 0.113. The standard InChI is InChI=1S/C37H47N3O4/c1-38(23-18-28-19-24-40(25-20-28)27-29-10-6-5-7-11-29)21-8-9-22-39(2)31-14-12-30(13-15-31)35-26-33(41)32-16-17-34(42-3)37(43-4)36(32)44-35/h5-7,10-17,26,28H,8-9,18-25,27H2,1-4H3. The molecule has 7 heteroatoms. The lowest BCUT2D eigenvalue weighted by molar-refractivity contribution is 0.162. The van der Waals surface area contributed by atoms with Gasteiger partial charge in [-0.2, -0.15) is 0 Å². The second-order valence-electron chi connectivity index (χ2n) is 12.1. The summed E-state index contributed by atoms with van der Waals surface area (Å²) in [6, 6.07) is 24.0. The molecule has 0 spiro atoms. The second kappa shape index (κ2) is 15.3. The van der Waals surface area contributed by atoms with Gasteiger partial charge in [-0.15, -0.1) is 0 Å². The summed E-state index contributed by atoms with van der Waals surface area (Å²) in [5.74, 6) is 2.31. The van der Waals surface area contributed by atoms with Gasteiger partial charge in [0.25, 0.3) is 0 Å². The van der Waals surface area contributed by atoms with Crippen molar-refractivity contribution >= 4 is 16.7 Å². The fraction of sp³-hybridized carbons (Fsp3) is 0.432. The molecule has 0 N–H and O–H groups in total. The maximum absolute atomic E-state index is 12.8. The Morgan fingerprint density at radius 3 is 2.30 bits per heavy atom. The van der Waals surface area contributed by atoms with Crippen LogP contribution in [0.4, 0.5) is 5.69 Å². The zero-order valence-corrected chi connectivity index (χ0v) is 26.8. The summed E-state index contributed by atoms with van der Waals surface area (Å²) in [5, 5.41) is 0.466. The predicted octanol–water partition coefficient (Wildman–Crippen LogP) is 6.93. The van der Waals surface area contributed by atoms with E-state index < -0.39 is 0 Å². The van der Waals surface area contributed by atoms with Crippen LogP contribution in [0.15, 0.2) is 82.0 Å². The zero-order chi connectivity index (χ0) is 30.9. The van der Waals surface area contributed by atoms with E-state index in [9.17, 15) is 4.79 Å². The number of methoxy groups -OCH3 is 2. The van der Waals surface area contributed by atoms with Gasteiger partial charge in [-0.25, -0.2) is 0 Å². The van der Waals surface area contributed by atoms with Gasteiger partial charge in [-0.3, -0.25) is 9.69 Å². The first-order valence-electron chi connectivity index (χ1n) is 15.9. The van der Waals surface area contributed by atoms with Crippen LogP contribution in [-0.2, 0) is 6.54 Å². The molecule has 7 nitrogen and oxygen atoms in total. The molecule has 234 valence electrons. The average molecular weight is 598 g/mol. The molecule has 1 aliphatic heterocycles. The molecule has 0 radical (unpaired) electrons. The summed E-state index contributed by atoms with van der Waals surface area (Å²) in [6.45, 7) is 6.84. The van der Waals surface area contributed by atoms with Crippen molar-refractivity contribution in [3.05, 3.63) is 88.6 Å². The Morgan fingerprint density at radius 1 is 0.864 bits per heavy atom. The van der Waals surface area contributed by atoms with Crippen molar-refractivity contribution in [3.63, 3.8) is 0 Å². The van der Waals surface area contributed by atoms with Gasteiger partial charge in [-0.1, -0.05) is 30.3 Å². The van der Waals surface area contributed by atoms with E-state index in [1.165, 1.54) is 50.9 Å². The first kappa shape index (κ1) is 31.6. The van der Waals surface area contributed by atoms with E-state index in [-0.39, 0.29) is 5.43 Å². The third kappa shape index (κ3) is 8.01. The Hall–Kier alpha value is -3.81. The highest BCUT2D eigenvalue weighted by Crippen LogP contribution is 2.36. The molecule has 0 aliphatic carbocycles. The lowest BCUT2D eigenvalue weighted by Crippen LogP contribution is -2.34. The summed E-state index contributed by atoms with van der Waals surface area (Å²) >= 11 is 0. The SMILES string of the molecule is COc1ccc2c(=O)cc(-c3ccc(N(C)CCCCN(C)CCC4CCN(Cc5ccccc5)CC4)cc3)oc2c1OC. The zero-order valence-electron chi connectivity index (χ0n) is 26.8. The van der Waals surface area contributed by atoms with Crippen molar-refractivity contribution in [2.24, 2.45) is 5.92 Å². The second-order valence-corrected chi connectivity index (χ2v) is 12.1. The molecule has 4 aromatic rings. The molecule has 0 amide bonds. The molecule has 0 bridgehead atoms. The number of rotatable bonds is 14. The topological polar surface area (TPSA) is 58.4 Å². The number of hydrogen-bond acceptors (Lipinski definition) is 7. The molecule has 1 fully saturated rings. The number of fused-ring (bicyclic) bond motifs is 1. The number of anilines is 1. The predicted molar refractivity (Wildman–Crippen MR) is 180 cm³/mol. The summed E-state index contributed by atoms with van der Waals surface area (Å²) in [7, 11) is 7.52. The molecule has 0 atom stereocenters. The van der Waals surface area contributed by atoms with E-state index in [4.69, 9.17) is 13.9 Å². The monoisotopic (exact) mass is 597 g/mol. The Kier molecular flexibility index (Phi) is 11.0. The maximum atomic E-state index is 12.8. The Labute approximate surface area is 262 Å². The maximum Gasteiger partial charge on any atom is 0.204 e. The fourth-order valence-corrected chi connectivity index (χ4v) is 6.20. The molecule has 1 aromatic heterocycles. The lowest BCUT2D eigenvalue weighted by atomic mass is 9.93. The van der Waals surface area contributed by atoms with Gasteiger partial charge >= 0.3 is 0 Å². The van der Waals surface area contributed by atoms with Gasteiger partial charge in [0.1, 0.15) is 5.76 Å². The molecule has 0 unspecified atom stereocenters. The number of ether oxygens (including phenoxy) is 2. The summed E-state index contributed by atoms with van der Waals surface area (Å²) < 4.78 is 17.0. The normalized spacial score (nSPS) is 14.3. The van der Waals surface area contributed by atoms with Crippen LogP contribution in [0.1, 0.15) is 37.7 Å². The van der Waals surface area contributed by atoms with Crippen LogP contribution in [0.5, 0.6) is 11.5 Å². The largest absolute Gasteiger partial charge is 0.493 e. The Balaban J connectivity index is 1.04.